The Morgan fingerprint density at radius 3 is 2.33 bits per heavy atom. The molecule has 1 unspecified atom stereocenters. The van der Waals surface area contributed by atoms with Gasteiger partial charge in [0.15, 0.2) is 9.84 Å². The van der Waals surface area contributed by atoms with Gasteiger partial charge in [-0.25, -0.2) is 8.42 Å². The van der Waals surface area contributed by atoms with E-state index >= 15 is 0 Å². The van der Waals surface area contributed by atoms with Crippen molar-refractivity contribution in [2.75, 3.05) is 18.6 Å². The highest BCUT2D eigenvalue weighted by molar-refractivity contribution is 7.92. The Hall–Kier alpha value is -0.620. The standard InChI is InChI=1S/C12H25NO4S/c1-10(13-5)7-6-8-18(15,16)9-11(14)17-12(2,3)4/h10,13H,6-9H2,1-5H3. The van der Waals surface area contributed by atoms with Crippen LogP contribution in [-0.4, -0.2) is 44.6 Å². The number of esters is 1. The molecule has 0 aliphatic carbocycles. The minimum atomic E-state index is -3.36. The van der Waals surface area contributed by atoms with Gasteiger partial charge in [0.25, 0.3) is 0 Å². The van der Waals surface area contributed by atoms with E-state index in [4.69, 9.17) is 4.74 Å². The molecule has 0 saturated heterocycles. The predicted molar refractivity (Wildman–Crippen MR) is 72.3 cm³/mol. The van der Waals surface area contributed by atoms with Gasteiger partial charge in [-0.1, -0.05) is 0 Å². The minimum absolute atomic E-state index is 0.0261. The van der Waals surface area contributed by atoms with Crippen LogP contribution >= 0.6 is 0 Å². The number of hydrogen-bond acceptors (Lipinski definition) is 5. The maximum atomic E-state index is 11.7. The lowest BCUT2D eigenvalue weighted by atomic mass is 10.2. The zero-order chi connectivity index (χ0) is 14.4. The van der Waals surface area contributed by atoms with Gasteiger partial charge in [0.1, 0.15) is 11.4 Å². The molecule has 0 aromatic carbocycles. The third-order valence-electron chi connectivity index (χ3n) is 2.34. The number of carbonyl (C=O) groups excluding carboxylic acids is 1. The van der Waals surface area contributed by atoms with E-state index in [1.807, 2.05) is 14.0 Å². The maximum absolute atomic E-state index is 11.7. The molecular weight excluding hydrogens is 254 g/mol. The number of sulfone groups is 1. The number of ether oxygens (including phenoxy) is 1. The summed E-state index contributed by atoms with van der Waals surface area (Å²) in [6.07, 6.45) is 1.32. The van der Waals surface area contributed by atoms with Gasteiger partial charge in [-0.05, 0) is 47.6 Å². The highest BCUT2D eigenvalue weighted by atomic mass is 32.2. The Morgan fingerprint density at radius 2 is 1.89 bits per heavy atom. The summed E-state index contributed by atoms with van der Waals surface area (Å²) < 4.78 is 28.3. The Balaban J connectivity index is 4.12. The van der Waals surface area contributed by atoms with Crippen molar-refractivity contribution in [1.82, 2.24) is 5.32 Å². The summed E-state index contributed by atoms with van der Waals surface area (Å²) in [7, 11) is -1.53. The van der Waals surface area contributed by atoms with Crippen LogP contribution in [0.5, 0.6) is 0 Å². The van der Waals surface area contributed by atoms with Crippen molar-refractivity contribution >= 4 is 15.8 Å². The lowest BCUT2D eigenvalue weighted by Gasteiger charge is -2.19. The van der Waals surface area contributed by atoms with Crippen molar-refractivity contribution in [2.24, 2.45) is 0 Å². The molecule has 0 aromatic rings. The second-order valence-corrected chi connectivity index (χ2v) is 7.69. The Bertz CT molecular complexity index is 357. The largest absolute Gasteiger partial charge is 0.459 e. The van der Waals surface area contributed by atoms with Crippen LogP contribution in [0.4, 0.5) is 0 Å². The van der Waals surface area contributed by atoms with Crippen LogP contribution in [0.15, 0.2) is 0 Å². The van der Waals surface area contributed by atoms with Crippen molar-refractivity contribution < 1.29 is 17.9 Å². The second-order valence-electron chi connectivity index (χ2n) is 5.51. The van der Waals surface area contributed by atoms with Gasteiger partial charge in [-0.3, -0.25) is 4.79 Å². The average Bonchev–Trinajstić information content (AvgIpc) is 2.12. The molecule has 0 amide bonds. The van der Waals surface area contributed by atoms with E-state index in [-0.39, 0.29) is 11.8 Å². The zero-order valence-electron chi connectivity index (χ0n) is 11.9. The molecular formula is C12H25NO4S. The Kier molecular flexibility index (Phi) is 6.84. The fourth-order valence-corrected chi connectivity index (χ4v) is 2.55. The molecule has 6 heteroatoms. The highest BCUT2D eigenvalue weighted by Gasteiger charge is 2.22. The summed E-state index contributed by atoms with van der Waals surface area (Å²) in [5, 5.41) is 3.04. The molecule has 0 heterocycles. The predicted octanol–water partition coefficient (Wildman–Crippen LogP) is 1.13. The lowest BCUT2D eigenvalue weighted by Crippen LogP contribution is -2.29. The summed E-state index contributed by atoms with van der Waals surface area (Å²) in [5.74, 6) is -1.18. The van der Waals surface area contributed by atoms with Crippen LogP contribution in [0.25, 0.3) is 0 Å². The van der Waals surface area contributed by atoms with E-state index in [0.717, 1.165) is 6.42 Å². The van der Waals surface area contributed by atoms with Crippen LogP contribution in [0, 0.1) is 0 Å². The van der Waals surface area contributed by atoms with Crippen LogP contribution < -0.4 is 5.32 Å². The molecule has 18 heavy (non-hydrogen) atoms. The van der Waals surface area contributed by atoms with Crippen LogP contribution in [0.2, 0.25) is 0 Å². The number of nitrogens with one attached hydrogen (secondary N) is 1. The molecule has 5 nitrogen and oxygen atoms in total. The van der Waals surface area contributed by atoms with Gasteiger partial charge in [0.05, 0.1) is 5.75 Å². The number of hydrogen-bond donors (Lipinski definition) is 1. The van der Waals surface area contributed by atoms with Gasteiger partial charge in [-0.15, -0.1) is 0 Å². The van der Waals surface area contributed by atoms with E-state index in [1.165, 1.54) is 0 Å². The van der Waals surface area contributed by atoms with Gasteiger partial charge < -0.3 is 10.1 Å². The first-order valence-corrected chi connectivity index (χ1v) is 7.97. The third kappa shape index (κ3) is 9.41. The fourth-order valence-electron chi connectivity index (χ4n) is 1.38. The summed E-state index contributed by atoms with van der Waals surface area (Å²) in [5.41, 5.74) is -0.646. The van der Waals surface area contributed by atoms with Crippen LogP contribution in [0.1, 0.15) is 40.5 Å². The minimum Gasteiger partial charge on any atom is -0.459 e. The molecule has 0 aliphatic rings. The van der Waals surface area contributed by atoms with Crippen molar-refractivity contribution in [2.45, 2.75) is 52.2 Å². The van der Waals surface area contributed by atoms with Crippen molar-refractivity contribution in [3.63, 3.8) is 0 Å². The molecule has 108 valence electrons. The first kappa shape index (κ1) is 17.4. The van der Waals surface area contributed by atoms with Gasteiger partial charge in [-0.2, -0.15) is 0 Å². The molecule has 0 spiro atoms. The van der Waals surface area contributed by atoms with E-state index < -0.39 is 27.2 Å². The number of rotatable bonds is 7. The van der Waals surface area contributed by atoms with Gasteiger partial charge >= 0.3 is 5.97 Å². The molecule has 0 rings (SSSR count). The second kappa shape index (κ2) is 7.09. The van der Waals surface area contributed by atoms with Crippen LogP contribution in [-0.2, 0) is 19.4 Å². The highest BCUT2D eigenvalue weighted by Crippen LogP contribution is 2.09. The normalized spacial score (nSPS) is 14.3. The quantitative estimate of drug-likeness (QED) is 0.707. The van der Waals surface area contributed by atoms with Crippen molar-refractivity contribution in [3.8, 4) is 0 Å². The lowest BCUT2D eigenvalue weighted by molar-refractivity contribution is -0.151. The monoisotopic (exact) mass is 279 g/mol. The summed E-state index contributed by atoms with van der Waals surface area (Å²) in [6, 6.07) is 0.279. The average molecular weight is 279 g/mol. The molecule has 1 atom stereocenters. The Labute approximate surface area is 110 Å². The summed E-state index contributed by atoms with van der Waals surface area (Å²) in [4.78, 5) is 11.4. The van der Waals surface area contributed by atoms with E-state index in [2.05, 4.69) is 5.32 Å². The van der Waals surface area contributed by atoms with Crippen molar-refractivity contribution in [1.29, 1.82) is 0 Å². The number of carbonyl (C=O) groups is 1. The Morgan fingerprint density at radius 1 is 1.33 bits per heavy atom. The molecule has 0 saturated carbocycles. The third-order valence-corrected chi connectivity index (χ3v) is 3.93. The topological polar surface area (TPSA) is 72.5 Å². The first-order valence-electron chi connectivity index (χ1n) is 6.15. The zero-order valence-corrected chi connectivity index (χ0v) is 12.8. The summed E-state index contributed by atoms with van der Waals surface area (Å²) >= 11 is 0. The molecule has 0 bridgehead atoms. The molecule has 0 radical (unpaired) electrons. The smallest absolute Gasteiger partial charge is 0.321 e. The maximum Gasteiger partial charge on any atom is 0.321 e. The molecule has 1 N–H and O–H groups in total. The van der Waals surface area contributed by atoms with Gasteiger partial charge in [0.2, 0.25) is 0 Å². The fraction of sp³-hybridized carbons (Fsp3) is 0.917. The molecule has 0 aromatic heterocycles. The van der Waals surface area contributed by atoms with Crippen molar-refractivity contribution in [3.05, 3.63) is 0 Å². The van der Waals surface area contributed by atoms with E-state index in [9.17, 15) is 13.2 Å². The van der Waals surface area contributed by atoms with E-state index in [1.54, 1.807) is 20.8 Å². The first-order chi connectivity index (χ1) is 8.06. The van der Waals surface area contributed by atoms with Crippen LogP contribution in [0.3, 0.4) is 0 Å². The molecule has 0 aliphatic heterocycles. The van der Waals surface area contributed by atoms with Gasteiger partial charge in [0, 0.05) is 6.04 Å². The SMILES string of the molecule is CNC(C)CCCS(=O)(=O)CC(=O)OC(C)(C)C. The molecule has 0 fully saturated rings. The van der Waals surface area contributed by atoms with E-state index in [0.29, 0.717) is 6.42 Å². The summed E-state index contributed by atoms with van der Waals surface area (Å²) in [6.45, 7) is 7.13.